The Kier molecular flexibility index (Phi) is 6.06. The molecule has 0 aromatic heterocycles. The fourth-order valence-electron chi connectivity index (χ4n) is 7.63. The van der Waals surface area contributed by atoms with Crippen LogP contribution in [0.3, 0.4) is 0 Å². The Bertz CT molecular complexity index is 1000. The monoisotopic (exact) mass is 480 g/mol. The number of ether oxygens (including phenoxy) is 1. The minimum atomic E-state index is -1.80. The third-order valence-corrected chi connectivity index (χ3v) is 9.26. The van der Waals surface area contributed by atoms with Crippen molar-refractivity contribution in [3.63, 3.8) is 0 Å². The summed E-state index contributed by atoms with van der Waals surface area (Å²) in [6.45, 7) is 4.20. The molecule has 4 aliphatic carbocycles. The van der Waals surface area contributed by atoms with E-state index < -0.39 is 64.2 Å². The predicted octanol–water partition coefficient (Wildman–Crippen LogP) is 2.41. The van der Waals surface area contributed by atoms with E-state index in [1.807, 2.05) is 0 Å². The lowest BCUT2D eigenvalue weighted by molar-refractivity contribution is -0.180. The van der Waals surface area contributed by atoms with Crippen LogP contribution in [-0.2, 0) is 19.1 Å². The van der Waals surface area contributed by atoms with Crippen molar-refractivity contribution in [2.24, 2.45) is 28.6 Å². The summed E-state index contributed by atoms with van der Waals surface area (Å²) in [5.41, 5.74) is -4.14. The molecular formula is C25H33FO8. The highest BCUT2D eigenvalue weighted by Crippen LogP contribution is 2.68. The second kappa shape index (κ2) is 8.24. The molecule has 9 heteroatoms. The van der Waals surface area contributed by atoms with Gasteiger partial charge in [-0.05, 0) is 62.9 Å². The smallest absolute Gasteiger partial charge is 0.311 e. The minimum absolute atomic E-state index is 0.0170. The summed E-state index contributed by atoms with van der Waals surface area (Å²) in [4.78, 5) is 37.4. The molecule has 0 aromatic rings. The number of aliphatic hydroxyl groups excluding tert-OH is 3. The number of aliphatic hydroxyl groups is 4. The van der Waals surface area contributed by atoms with E-state index in [0.29, 0.717) is 19.3 Å². The van der Waals surface area contributed by atoms with Crippen LogP contribution in [0, 0.1) is 28.6 Å². The molecule has 34 heavy (non-hydrogen) atoms. The van der Waals surface area contributed by atoms with Crippen molar-refractivity contribution in [3.05, 3.63) is 22.9 Å². The van der Waals surface area contributed by atoms with Crippen molar-refractivity contribution in [1.29, 1.82) is 0 Å². The first kappa shape index (κ1) is 25.0. The number of allylic oxidation sites excluding steroid dienone is 2. The Morgan fingerprint density at radius 2 is 1.91 bits per heavy atom. The van der Waals surface area contributed by atoms with E-state index in [1.54, 1.807) is 13.8 Å². The molecule has 0 saturated heterocycles. The van der Waals surface area contributed by atoms with Crippen LogP contribution in [0.4, 0.5) is 4.39 Å². The Labute approximate surface area is 197 Å². The summed E-state index contributed by atoms with van der Waals surface area (Å²) in [6, 6.07) is 0. The third kappa shape index (κ3) is 3.09. The number of Topliss-reactive ketones (excluding diaryl/α,β-unsaturated/α-hetero) is 2. The van der Waals surface area contributed by atoms with Gasteiger partial charge in [-0.3, -0.25) is 14.4 Å². The number of carbonyl (C=O) groups is 3. The third-order valence-electron chi connectivity index (χ3n) is 9.26. The van der Waals surface area contributed by atoms with Crippen molar-refractivity contribution in [2.45, 2.75) is 77.4 Å². The fourth-order valence-corrected chi connectivity index (χ4v) is 7.63. The van der Waals surface area contributed by atoms with Gasteiger partial charge in [0, 0.05) is 17.8 Å². The van der Waals surface area contributed by atoms with Crippen LogP contribution in [0.25, 0.3) is 0 Å². The Hall–Kier alpha value is -2.10. The zero-order valence-corrected chi connectivity index (χ0v) is 19.8. The minimum Gasteiger partial charge on any atom is -0.502 e. The number of esters is 1. The van der Waals surface area contributed by atoms with Crippen molar-refractivity contribution in [2.75, 3.05) is 6.61 Å². The SMILES string of the molecule is CCCC(=O)OC1=C2CC[C@@H]3[C@H]([C@@H](O)C[C@@]4(C)[C@H]3CC[C@]4(O)C(=O)CO)[C@@]2(C)C(F)=C(O)C1=O. The average molecular weight is 481 g/mol. The first-order valence-electron chi connectivity index (χ1n) is 12.0. The molecule has 0 unspecified atom stereocenters. The maximum Gasteiger partial charge on any atom is 0.311 e. The molecule has 0 bridgehead atoms. The quantitative estimate of drug-likeness (QED) is 0.440. The summed E-state index contributed by atoms with van der Waals surface area (Å²) in [5.74, 6) is -6.31. The molecule has 7 atom stereocenters. The topological polar surface area (TPSA) is 141 Å². The van der Waals surface area contributed by atoms with E-state index in [4.69, 9.17) is 4.74 Å². The van der Waals surface area contributed by atoms with Gasteiger partial charge in [-0.15, -0.1) is 0 Å². The van der Waals surface area contributed by atoms with Crippen LogP contribution in [0.5, 0.6) is 0 Å². The average Bonchev–Trinajstić information content (AvgIpc) is 3.06. The number of fused-ring (bicyclic) bond motifs is 5. The van der Waals surface area contributed by atoms with E-state index in [9.17, 15) is 34.8 Å². The fraction of sp³-hybridized carbons (Fsp3) is 0.720. The highest BCUT2D eigenvalue weighted by atomic mass is 19.1. The van der Waals surface area contributed by atoms with E-state index in [0.717, 1.165) is 0 Å². The molecule has 0 radical (unpaired) electrons. The lowest BCUT2D eigenvalue weighted by Crippen LogP contribution is -2.62. The molecule has 4 aliphatic rings. The van der Waals surface area contributed by atoms with Crippen molar-refractivity contribution < 1.29 is 43.9 Å². The highest BCUT2D eigenvalue weighted by molar-refractivity contribution is 6.08. The molecule has 4 N–H and O–H groups in total. The highest BCUT2D eigenvalue weighted by Gasteiger charge is 2.69. The number of hydrogen-bond donors (Lipinski definition) is 4. The molecule has 0 amide bonds. The molecule has 3 fully saturated rings. The normalized spacial score (nSPS) is 41.7. The van der Waals surface area contributed by atoms with Gasteiger partial charge in [0.05, 0.1) is 11.5 Å². The molecule has 4 rings (SSSR count). The maximum absolute atomic E-state index is 15.7. The van der Waals surface area contributed by atoms with Gasteiger partial charge < -0.3 is 25.2 Å². The summed E-state index contributed by atoms with van der Waals surface area (Å²) in [7, 11) is 0. The zero-order valence-electron chi connectivity index (χ0n) is 19.8. The van der Waals surface area contributed by atoms with Crippen molar-refractivity contribution in [1.82, 2.24) is 0 Å². The summed E-state index contributed by atoms with van der Waals surface area (Å²) < 4.78 is 21.0. The van der Waals surface area contributed by atoms with E-state index in [-0.39, 0.29) is 48.9 Å². The number of halogens is 1. The zero-order chi connectivity index (χ0) is 25.2. The molecule has 0 heterocycles. The molecule has 0 aliphatic heterocycles. The second-order valence-corrected chi connectivity index (χ2v) is 10.7. The predicted molar refractivity (Wildman–Crippen MR) is 117 cm³/mol. The second-order valence-electron chi connectivity index (χ2n) is 10.7. The first-order chi connectivity index (χ1) is 15.9. The van der Waals surface area contributed by atoms with Gasteiger partial charge in [-0.2, -0.15) is 0 Å². The van der Waals surface area contributed by atoms with Crippen molar-refractivity contribution in [3.8, 4) is 0 Å². The van der Waals surface area contributed by atoms with Crippen molar-refractivity contribution >= 4 is 17.5 Å². The summed E-state index contributed by atoms with van der Waals surface area (Å²) in [6.07, 6.45) is 0.555. The van der Waals surface area contributed by atoms with Crippen LogP contribution >= 0.6 is 0 Å². The van der Waals surface area contributed by atoms with Gasteiger partial charge in [0.25, 0.3) is 5.78 Å². The van der Waals surface area contributed by atoms with Crippen LogP contribution in [-0.4, -0.2) is 56.3 Å². The molecule has 8 nitrogen and oxygen atoms in total. The van der Waals surface area contributed by atoms with Crippen LogP contribution in [0.2, 0.25) is 0 Å². The number of ketones is 2. The summed E-state index contributed by atoms with van der Waals surface area (Å²) in [5, 5.41) is 42.5. The Morgan fingerprint density at radius 3 is 2.53 bits per heavy atom. The lowest BCUT2D eigenvalue weighted by atomic mass is 9.45. The van der Waals surface area contributed by atoms with Gasteiger partial charge in [0.2, 0.25) is 0 Å². The molecular weight excluding hydrogens is 447 g/mol. The largest absolute Gasteiger partial charge is 0.502 e. The van der Waals surface area contributed by atoms with Gasteiger partial charge in [0.15, 0.2) is 23.1 Å². The molecule has 3 saturated carbocycles. The number of hydrogen-bond acceptors (Lipinski definition) is 8. The molecule has 0 spiro atoms. The van der Waals surface area contributed by atoms with Gasteiger partial charge in [-0.25, -0.2) is 4.39 Å². The van der Waals surface area contributed by atoms with Gasteiger partial charge in [-0.1, -0.05) is 13.8 Å². The first-order valence-corrected chi connectivity index (χ1v) is 12.0. The maximum atomic E-state index is 15.7. The van der Waals surface area contributed by atoms with E-state index in [2.05, 4.69) is 0 Å². The van der Waals surface area contributed by atoms with E-state index >= 15 is 4.39 Å². The standard InChI is InChI=1S/C25H33FO8/c1-4-5-17(30)34-21-14-7-6-12-13-8-9-25(33,16(29)11-27)23(13,2)10-15(28)18(12)24(14,3)22(26)20(32)19(21)31/h12-13,15,18,27-28,32-33H,4-11H2,1-3H3/t12-,13-,15-,18+,23-,24-,25-/m0/s1. The van der Waals surface area contributed by atoms with Crippen LogP contribution in [0.1, 0.15) is 65.7 Å². The lowest BCUT2D eigenvalue weighted by Gasteiger charge is -2.59. The summed E-state index contributed by atoms with van der Waals surface area (Å²) >= 11 is 0. The molecule has 0 aromatic carbocycles. The van der Waals surface area contributed by atoms with Gasteiger partial charge >= 0.3 is 5.97 Å². The van der Waals surface area contributed by atoms with Gasteiger partial charge in [0.1, 0.15) is 12.2 Å². The van der Waals surface area contributed by atoms with E-state index in [1.165, 1.54) is 6.92 Å². The number of rotatable bonds is 5. The number of carbonyl (C=O) groups excluding carboxylic acids is 3. The van der Waals surface area contributed by atoms with Crippen LogP contribution < -0.4 is 0 Å². The molecule has 188 valence electrons. The Morgan fingerprint density at radius 1 is 1.24 bits per heavy atom. The Balaban J connectivity index is 1.80. The van der Waals surface area contributed by atoms with Crippen LogP contribution in [0.15, 0.2) is 22.9 Å².